The van der Waals surface area contributed by atoms with Crippen LogP contribution in [0.2, 0.25) is 0 Å². The molecule has 1 saturated heterocycles. The van der Waals surface area contributed by atoms with E-state index in [9.17, 15) is 10.1 Å². The number of hydrogen-bond acceptors (Lipinski definition) is 4. The Morgan fingerprint density at radius 3 is 2.94 bits per heavy atom. The zero-order valence-corrected chi connectivity index (χ0v) is 11.8. The number of nitrogens with zero attached hydrogens (tertiary/aromatic N) is 2. The van der Waals surface area contributed by atoms with Gasteiger partial charge in [0.15, 0.2) is 0 Å². The normalized spacial score (nSPS) is 24.7. The molecule has 1 saturated carbocycles. The number of nitrogens with one attached hydrogen (secondary N) is 1. The Hall–Kier alpha value is -0.730. The van der Waals surface area contributed by atoms with Gasteiger partial charge in [0.05, 0.1) is 12.6 Å². The van der Waals surface area contributed by atoms with Crippen LogP contribution >= 0.6 is 11.8 Å². The second-order valence-corrected chi connectivity index (χ2v) is 6.60. The molecule has 5 heteroatoms. The third-order valence-corrected chi connectivity index (χ3v) is 4.76. The van der Waals surface area contributed by atoms with Gasteiger partial charge < -0.3 is 5.32 Å². The minimum atomic E-state index is -0.655. The number of rotatable bonds is 4. The molecule has 0 unspecified atom stereocenters. The highest BCUT2D eigenvalue weighted by molar-refractivity contribution is 7.99. The fraction of sp³-hybridized carbons (Fsp3) is 0.846. The number of amides is 1. The van der Waals surface area contributed by atoms with Crippen molar-refractivity contribution in [2.75, 3.05) is 31.1 Å². The molecule has 2 aliphatic rings. The average molecular weight is 267 g/mol. The minimum Gasteiger partial charge on any atom is -0.337 e. The topological polar surface area (TPSA) is 56.1 Å². The van der Waals surface area contributed by atoms with Gasteiger partial charge >= 0.3 is 0 Å². The Kier molecular flexibility index (Phi) is 4.52. The minimum absolute atomic E-state index is 0.00199. The maximum Gasteiger partial charge on any atom is 0.235 e. The highest BCUT2D eigenvalue weighted by Gasteiger charge is 2.43. The third kappa shape index (κ3) is 3.63. The Morgan fingerprint density at radius 1 is 1.50 bits per heavy atom. The van der Waals surface area contributed by atoms with E-state index in [1.54, 1.807) is 0 Å². The van der Waals surface area contributed by atoms with Crippen LogP contribution in [0.15, 0.2) is 0 Å². The Bertz CT molecular complexity index is 343. The van der Waals surface area contributed by atoms with Crippen molar-refractivity contribution in [3.63, 3.8) is 0 Å². The van der Waals surface area contributed by atoms with E-state index in [1.165, 1.54) is 5.75 Å². The molecule has 0 bridgehead atoms. The summed E-state index contributed by atoms with van der Waals surface area (Å²) in [7, 11) is 0. The van der Waals surface area contributed by atoms with E-state index in [0.29, 0.717) is 12.5 Å². The Labute approximate surface area is 113 Å². The highest BCUT2D eigenvalue weighted by atomic mass is 32.2. The molecular weight excluding hydrogens is 246 g/mol. The van der Waals surface area contributed by atoms with E-state index < -0.39 is 5.54 Å². The van der Waals surface area contributed by atoms with Gasteiger partial charge in [0.2, 0.25) is 5.91 Å². The molecule has 1 heterocycles. The maximum absolute atomic E-state index is 12.0. The summed E-state index contributed by atoms with van der Waals surface area (Å²) in [5.41, 5.74) is -0.655. The molecule has 1 aliphatic carbocycles. The van der Waals surface area contributed by atoms with Gasteiger partial charge in [0.25, 0.3) is 0 Å². The lowest BCUT2D eigenvalue weighted by Crippen LogP contribution is -2.50. The second kappa shape index (κ2) is 5.94. The monoisotopic (exact) mass is 267 g/mol. The first-order chi connectivity index (χ1) is 8.64. The Balaban J connectivity index is 1.82. The summed E-state index contributed by atoms with van der Waals surface area (Å²) in [6, 6.07) is 2.27. The predicted octanol–water partition coefficient (Wildman–Crippen LogP) is 1.23. The molecule has 0 spiro atoms. The van der Waals surface area contributed by atoms with E-state index in [4.69, 9.17) is 0 Å². The van der Waals surface area contributed by atoms with Crippen LogP contribution < -0.4 is 5.32 Å². The summed E-state index contributed by atoms with van der Waals surface area (Å²) < 4.78 is 0. The predicted molar refractivity (Wildman–Crippen MR) is 73.3 cm³/mol. The van der Waals surface area contributed by atoms with E-state index in [1.807, 2.05) is 18.7 Å². The summed E-state index contributed by atoms with van der Waals surface area (Å²) in [6.45, 7) is 4.25. The van der Waals surface area contributed by atoms with E-state index in [-0.39, 0.29) is 5.91 Å². The maximum atomic E-state index is 12.0. The molecule has 0 aromatic rings. The van der Waals surface area contributed by atoms with Gasteiger partial charge in [-0.05, 0) is 44.4 Å². The molecule has 2 fully saturated rings. The van der Waals surface area contributed by atoms with Crippen LogP contribution in [0.25, 0.3) is 0 Å². The molecule has 1 amide bonds. The number of carbonyl (C=O) groups excluding carboxylic acids is 1. The van der Waals surface area contributed by atoms with Gasteiger partial charge in [-0.3, -0.25) is 9.69 Å². The summed E-state index contributed by atoms with van der Waals surface area (Å²) in [5, 5.41) is 12.1. The fourth-order valence-corrected chi connectivity index (χ4v) is 3.29. The molecule has 0 aromatic heterocycles. The molecule has 1 atom stereocenters. The summed E-state index contributed by atoms with van der Waals surface area (Å²) >= 11 is 1.95. The summed E-state index contributed by atoms with van der Waals surface area (Å²) in [4.78, 5) is 14.2. The van der Waals surface area contributed by atoms with Gasteiger partial charge in [-0.15, -0.1) is 0 Å². The molecule has 18 heavy (non-hydrogen) atoms. The van der Waals surface area contributed by atoms with Crippen molar-refractivity contribution in [1.82, 2.24) is 10.2 Å². The third-order valence-electron chi connectivity index (χ3n) is 3.71. The first kappa shape index (κ1) is 13.7. The lowest BCUT2D eigenvalue weighted by Gasteiger charge is -2.25. The van der Waals surface area contributed by atoms with E-state index in [2.05, 4.69) is 16.3 Å². The zero-order chi connectivity index (χ0) is 13.0. The zero-order valence-electron chi connectivity index (χ0n) is 10.9. The van der Waals surface area contributed by atoms with Crippen molar-refractivity contribution in [1.29, 1.82) is 5.26 Å². The first-order valence-corrected chi connectivity index (χ1v) is 7.82. The van der Waals surface area contributed by atoms with Crippen LogP contribution in [0.4, 0.5) is 0 Å². The van der Waals surface area contributed by atoms with Gasteiger partial charge in [0.1, 0.15) is 5.54 Å². The molecule has 2 rings (SSSR count). The van der Waals surface area contributed by atoms with E-state index >= 15 is 0 Å². The SMILES string of the molecule is C[C@@](C#N)(NC(=O)CN1CCCSCC1)C1CC1. The number of thioether (sulfide) groups is 1. The molecule has 0 radical (unpaired) electrons. The molecular formula is C13H21N3OS. The number of nitriles is 1. The molecule has 0 aromatic carbocycles. The summed E-state index contributed by atoms with van der Waals surface area (Å²) in [5.74, 6) is 2.64. The Morgan fingerprint density at radius 2 is 2.28 bits per heavy atom. The van der Waals surface area contributed by atoms with Crippen molar-refractivity contribution < 1.29 is 4.79 Å². The summed E-state index contributed by atoms with van der Waals surface area (Å²) in [6.07, 6.45) is 3.27. The molecule has 1 aliphatic heterocycles. The van der Waals surface area contributed by atoms with Gasteiger partial charge in [-0.1, -0.05) is 0 Å². The van der Waals surface area contributed by atoms with Crippen molar-refractivity contribution in [3.05, 3.63) is 0 Å². The van der Waals surface area contributed by atoms with Crippen LogP contribution in [0.3, 0.4) is 0 Å². The highest BCUT2D eigenvalue weighted by Crippen LogP contribution is 2.39. The van der Waals surface area contributed by atoms with Crippen LogP contribution in [0.5, 0.6) is 0 Å². The first-order valence-electron chi connectivity index (χ1n) is 6.66. The standard InChI is InChI=1S/C13H21N3OS/c1-13(10-14,11-3-4-11)15-12(17)9-16-5-2-7-18-8-6-16/h11H,2-9H2,1H3,(H,15,17)/t13-/m0/s1. The van der Waals surface area contributed by atoms with Crippen molar-refractivity contribution in [2.45, 2.75) is 31.7 Å². The fourth-order valence-electron chi connectivity index (χ4n) is 2.37. The van der Waals surface area contributed by atoms with Crippen LogP contribution in [0, 0.1) is 17.2 Å². The molecule has 100 valence electrons. The molecule has 4 nitrogen and oxygen atoms in total. The van der Waals surface area contributed by atoms with Gasteiger partial charge in [-0.2, -0.15) is 17.0 Å². The quantitative estimate of drug-likeness (QED) is 0.832. The van der Waals surface area contributed by atoms with Crippen molar-refractivity contribution in [2.24, 2.45) is 5.92 Å². The smallest absolute Gasteiger partial charge is 0.235 e. The van der Waals surface area contributed by atoms with Gasteiger partial charge in [-0.25, -0.2) is 0 Å². The second-order valence-electron chi connectivity index (χ2n) is 5.38. The largest absolute Gasteiger partial charge is 0.337 e. The van der Waals surface area contributed by atoms with Crippen molar-refractivity contribution in [3.8, 4) is 6.07 Å². The lowest BCUT2D eigenvalue weighted by atomic mass is 9.98. The number of hydrogen-bond donors (Lipinski definition) is 1. The van der Waals surface area contributed by atoms with Crippen LogP contribution in [0.1, 0.15) is 26.2 Å². The lowest BCUT2D eigenvalue weighted by molar-refractivity contribution is -0.123. The average Bonchev–Trinajstić information content (AvgIpc) is 3.16. The molecule has 1 N–H and O–H groups in total. The van der Waals surface area contributed by atoms with Gasteiger partial charge in [0, 0.05) is 12.3 Å². The number of carbonyl (C=O) groups is 1. The van der Waals surface area contributed by atoms with Crippen LogP contribution in [-0.4, -0.2) is 47.5 Å². The van der Waals surface area contributed by atoms with E-state index in [0.717, 1.165) is 38.1 Å². The van der Waals surface area contributed by atoms with Crippen LogP contribution in [-0.2, 0) is 4.79 Å². The van der Waals surface area contributed by atoms with Crippen molar-refractivity contribution >= 4 is 17.7 Å².